The van der Waals surface area contributed by atoms with Gasteiger partial charge in [0.25, 0.3) is 0 Å². The number of hydrogen-bond donors (Lipinski definition) is 1. The van der Waals surface area contributed by atoms with Crippen molar-refractivity contribution < 1.29 is 97.3 Å². The fourth-order valence-corrected chi connectivity index (χ4v) is 2.43. The summed E-state index contributed by atoms with van der Waals surface area (Å²) in [5.41, 5.74) is 0. The Balaban J connectivity index is 6.90. The van der Waals surface area contributed by atoms with Gasteiger partial charge in [0.2, 0.25) is 0 Å². The molecule has 0 aliphatic carbocycles. The van der Waals surface area contributed by atoms with Crippen LogP contribution in [0.3, 0.4) is 0 Å². The van der Waals surface area contributed by atoms with Gasteiger partial charge in [0.1, 0.15) is 0 Å². The molecular weight excluding hydrogens is 607 g/mol. The smallest absolute Gasteiger partial charge is 0.393 e. The summed E-state index contributed by atoms with van der Waals surface area (Å²) in [4.78, 5) is 0. The van der Waals surface area contributed by atoms with Crippen LogP contribution < -0.4 is 0 Å². The predicted molar refractivity (Wildman–Crippen MR) is 80.6 cm³/mol. The second-order valence-electron chi connectivity index (χ2n) is 7.52. The number of hydrogen-bond acceptors (Lipinski definition) is 1. The Bertz CT molecular complexity index is 839. The minimum Gasteiger partial charge on any atom is -0.393 e. The van der Waals surface area contributed by atoms with Crippen LogP contribution in [0.25, 0.3) is 0 Å². The van der Waals surface area contributed by atoms with Crippen molar-refractivity contribution in [1.29, 1.82) is 0 Å². The largest absolute Gasteiger partial charge is 0.460 e. The summed E-state index contributed by atoms with van der Waals surface area (Å²) in [6.45, 7) is 2.92. The average Bonchev–Trinajstić information content (AvgIpc) is 2.69. The molecule has 1 unspecified atom stereocenters. The zero-order chi connectivity index (χ0) is 31.4. The Morgan fingerprint density at radius 1 is 0.474 bits per heavy atom. The molecule has 0 saturated carbocycles. The SMILES string of the molecule is C=CCCC(O)CC(F)(F)C(F)(F)C(F)(F)C(F)(F)C(F)(F)C(F)(F)C(F)(F)C(F)(F)C(F)(F)C(F)(F)F. The van der Waals surface area contributed by atoms with Crippen molar-refractivity contribution in [2.45, 2.75) is 84.8 Å². The normalized spacial score (nSPS) is 17.0. The number of aliphatic hydroxyl groups excluding tert-OH is 1. The lowest BCUT2D eigenvalue weighted by molar-refractivity contribution is -0.474. The first-order valence-corrected chi connectivity index (χ1v) is 8.96. The van der Waals surface area contributed by atoms with Crippen LogP contribution in [0, 0.1) is 0 Å². The van der Waals surface area contributed by atoms with E-state index in [0.717, 1.165) is 6.08 Å². The van der Waals surface area contributed by atoms with Gasteiger partial charge in [-0.1, -0.05) is 6.08 Å². The van der Waals surface area contributed by atoms with Gasteiger partial charge >= 0.3 is 59.5 Å². The molecular formula is C16H11F21O. The standard InChI is InChI=1S/C16H11F21O/c1-2-3-4-6(38)5-7(17,18)8(19,20)9(21,22)10(23,24)11(25,26)12(27,28)13(29,30)14(31,32)15(33,34)16(35,36)37/h2,6,38H,1,3-5H2. The van der Waals surface area contributed by atoms with Crippen LogP contribution >= 0.6 is 0 Å². The summed E-state index contributed by atoms with van der Waals surface area (Å²) in [7, 11) is 0. The average molecular weight is 618 g/mol. The van der Waals surface area contributed by atoms with Gasteiger partial charge in [0.15, 0.2) is 0 Å². The van der Waals surface area contributed by atoms with Gasteiger partial charge in [-0.05, 0) is 12.8 Å². The molecule has 0 fully saturated rings. The summed E-state index contributed by atoms with van der Waals surface area (Å²) in [5.74, 6) is -77.3. The molecule has 0 aromatic carbocycles. The van der Waals surface area contributed by atoms with Gasteiger partial charge in [0, 0.05) is 6.42 Å². The molecule has 38 heavy (non-hydrogen) atoms. The first-order valence-electron chi connectivity index (χ1n) is 8.96. The number of aliphatic hydroxyl groups is 1. The highest BCUT2D eigenvalue weighted by atomic mass is 19.4. The minimum atomic E-state index is -9.19. The molecule has 0 saturated heterocycles. The third kappa shape index (κ3) is 4.86. The van der Waals surface area contributed by atoms with Gasteiger partial charge < -0.3 is 5.11 Å². The van der Waals surface area contributed by atoms with Gasteiger partial charge in [-0.15, -0.1) is 6.58 Å². The topological polar surface area (TPSA) is 20.2 Å². The second kappa shape index (κ2) is 9.70. The van der Waals surface area contributed by atoms with E-state index < -0.39 is 84.8 Å². The Hall–Kier alpha value is -1.77. The van der Waals surface area contributed by atoms with Gasteiger partial charge in [-0.2, -0.15) is 92.2 Å². The third-order valence-corrected chi connectivity index (χ3v) is 4.77. The molecule has 1 atom stereocenters. The molecule has 22 heteroatoms. The number of rotatable bonds is 13. The first-order chi connectivity index (χ1) is 16.2. The van der Waals surface area contributed by atoms with Crippen LogP contribution in [0.15, 0.2) is 12.7 Å². The number of halogens is 21. The maximum Gasteiger partial charge on any atom is 0.460 e. The van der Waals surface area contributed by atoms with Gasteiger partial charge in [0.05, 0.1) is 6.10 Å². The van der Waals surface area contributed by atoms with Crippen molar-refractivity contribution in [3.63, 3.8) is 0 Å². The highest BCUT2D eigenvalue weighted by Gasteiger charge is 2.97. The van der Waals surface area contributed by atoms with Gasteiger partial charge in [-0.25, -0.2) is 0 Å². The number of alkyl halides is 21. The maximum atomic E-state index is 13.7. The summed E-state index contributed by atoms with van der Waals surface area (Å²) >= 11 is 0. The lowest BCUT2D eigenvalue weighted by atomic mass is 9.85. The molecule has 0 aromatic rings. The van der Waals surface area contributed by atoms with Crippen LogP contribution in [-0.2, 0) is 0 Å². The molecule has 0 bridgehead atoms. The molecule has 228 valence electrons. The molecule has 0 amide bonds. The van der Waals surface area contributed by atoms with Crippen molar-refractivity contribution >= 4 is 0 Å². The van der Waals surface area contributed by atoms with Crippen LogP contribution in [0.4, 0.5) is 92.2 Å². The van der Waals surface area contributed by atoms with Crippen LogP contribution in [0.5, 0.6) is 0 Å². The molecule has 1 N–H and O–H groups in total. The maximum absolute atomic E-state index is 13.7. The molecule has 0 aliphatic heterocycles. The molecule has 0 aromatic heterocycles. The fourth-order valence-electron chi connectivity index (χ4n) is 2.43. The van der Waals surface area contributed by atoms with E-state index in [1.54, 1.807) is 0 Å². The van der Waals surface area contributed by atoms with Crippen LogP contribution in [0.2, 0.25) is 0 Å². The zero-order valence-corrected chi connectivity index (χ0v) is 17.4. The van der Waals surface area contributed by atoms with E-state index in [-0.39, 0.29) is 0 Å². The van der Waals surface area contributed by atoms with E-state index in [4.69, 9.17) is 5.11 Å². The highest BCUT2D eigenvalue weighted by molar-refractivity contribution is 5.18. The monoisotopic (exact) mass is 618 g/mol. The van der Waals surface area contributed by atoms with Crippen molar-refractivity contribution in [3.05, 3.63) is 12.7 Å². The van der Waals surface area contributed by atoms with Crippen LogP contribution in [0.1, 0.15) is 19.3 Å². The molecule has 0 radical (unpaired) electrons. The zero-order valence-electron chi connectivity index (χ0n) is 17.4. The molecule has 0 heterocycles. The minimum absolute atomic E-state index is 0.564. The lowest BCUT2D eigenvalue weighted by Crippen LogP contribution is -2.76. The van der Waals surface area contributed by atoms with Crippen molar-refractivity contribution in [3.8, 4) is 0 Å². The van der Waals surface area contributed by atoms with Crippen LogP contribution in [-0.4, -0.2) is 70.7 Å². The van der Waals surface area contributed by atoms with E-state index in [9.17, 15) is 92.2 Å². The molecule has 0 spiro atoms. The Morgan fingerprint density at radius 3 is 1.00 bits per heavy atom. The van der Waals surface area contributed by atoms with Crippen molar-refractivity contribution in [2.24, 2.45) is 0 Å². The van der Waals surface area contributed by atoms with E-state index >= 15 is 0 Å². The highest BCUT2D eigenvalue weighted by Crippen LogP contribution is 2.66. The Labute approximate surface area is 196 Å². The Morgan fingerprint density at radius 2 is 0.737 bits per heavy atom. The van der Waals surface area contributed by atoms with E-state index in [1.165, 1.54) is 0 Å². The molecule has 1 nitrogen and oxygen atoms in total. The molecule has 0 aliphatic rings. The van der Waals surface area contributed by atoms with E-state index in [2.05, 4.69) is 6.58 Å². The number of allylic oxidation sites excluding steroid dienone is 1. The quantitative estimate of drug-likeness (QED) is 0.164. The summed E-state index contributed by atoms with van der Waals surface area (Å²) in [6, 6.07) is 0. The Kier molecular flexibility index (Phi) is 9.25. The summed E-state index contributed by atoms with van der Waals surface area (Å²) in [5, 5.41) is 9.07. The third-order valence-electron chi connectivity index (χ3n) is 4.77. The summed E-state index contributed by atoms with van der Waals surface area (Å²) in [6.07, 6.45) is -14.7. The molecule has 0 rings (SSSR count). The predicted octanol–water partition coefficient (Wildman–Crippen LogP) is 7.98. The van der Waals surface area contributed by atoms with E-state index in [0.29, 0.717) is 0 Å². The summed E-state index contributed by atoms with van der Waals surface area (Å²) < 4.78 is 277. The van der Waals surface area contributed by atoms with Gasteiger partial charge in [-0.3, -0.25) is 0 Å². The first kappa shape index (κ1) is 36.2. The fraction of sp³-hybridized carbons (Fsp3) is 0.875. The van der Waals surface area contributed by atoms with Crippen molar-refractivity contribution in [2.75, 3.05) is 0 Å². The van der Waals surface area contributed by atoms with E-state index in [1.807, 2.05) is 0 Å². The lowest BCUT2D eigenvalue weighted by Gasteiger charge is -2.44. The second-order valence-corrected chi connectivity index (χ2v) is 7.52. The van der Waals surface area contributed by atoms with Crippen molar-refractivity contribution in [1.82, 2.24) is 0 Å².